The Kier molecular flexibility index (Phi) is 5.25. The number of aliphatic hydroxyl groups is 1. The molecule has 19 heavy (non-hydrogen) atoms. The number of carbonyl (C=O) groups excluding carboxylic acids is 1. The molecule has 0 aliphatic carbocycles. The van der Waals surface area contributed by atoms with Gasteiger partial charge in [0, 0.05) is 5.56 Å². The highest BCUT2D eigenvalue weighted by Crippen LogP contribution is 2.15. The topological polar surface area (TPSA) is 98.7 Å². The quantitative estimate of drug-likeness (QED) is 0.630. The number of aliphatic carboxylic acids is 1. The van der Waals surface area contributed by atoms with E-state index in [9.17, 15) is 14.0 Å². The summed E-state index contributed by atoms with van der Waals surface area (Å²) in [5.41, 5.74) is 0.286. The van der Waals surface area contributed by atoms with E-state index >= 15 is 0 Å². The van der Waals surface area contributed by atoms with Gasteiger partial charge in [0.25, 0.3) is 0 Å². The van der Waals surface area contributed by atoms with Crippen molar-refractivity contribution in [2.75, 3.05) is 6.61 Å². The molecule has 104 valence electrons. The van der Waals surface area contributed by atoms with Crippen LogP contribution in [0.1, 0.15) is 18.5 Å². The van der Waals surface area contributed by atoms with Gasteiger partial charge in [-0.05, 0) is 13.0 Å². The molecule has 2 amide bonds. The summed E-state index contributed by atoms with van der Waals surface area (Å²) in [7, 11) is 0. The molecule has 0 spiro atoms. The Morgan fingerprint density at radius 1 is 1.32 bits per heavy atom. The van der Waals surface area contributed by atoms with Gasteiger partial charge in [0.1, 0.15) is 5.82 Å². The molecule has 0 saturated carbocycles. The van der Waals surface area contributed by atoms with E-state index in [1.807, 2.05) is 0 Å². The number of rotatable bonds is 5. The maximum absolute atomic E-state index is 13.4. The minimum Gasteiger partial charge on any atom is -0.480 e. The standard InChI is InChI=1S/C12H15FN2O4/c1-7(8-4-2-3-5-9(8)13)14-12(19)15-10(6-16)11(17)18/h2-5,7,10,16H,6H2,1H3,(H,17,18)(H2,14,15,19)/t7?,10-/m0/s1. The van der Waals surface area contributed by atoms with Crippen molar-refractivity contribution >= 4 is 12.0 Å². The van der Waals surface area contributed by atoms with Crippen molar-refractivity contribution in [2.24, 2.45) is 0 Å². The number of carboxylic acids is 1. The lowest BCUT2D eigenvalue weighted by molar-refractivity contribution is -0.140. The summed E-state index contributed by atoms with van der Waals surface area (Å²) >= 11 is 0. The van der Waals surface area contributed by atoms with E-state index in [0.717, 1.165) is 0 Å². The summed E-state index contributed by atoms with van der Waals surface area (Å²) in [5, 5.41) is 21.9. The third kappa shape index (κ3) is 4.22. The van der Waals surface area contributed by atoms with Crippen LogP contribution in [0.4, 0.5) is 9.18 Å². The molecule has 0 heterocycles. The smallest absolute Gasteiger partial charge is 0.328 e. The molecule has 1 rings (SSSR count). The molecule has 0 aliphatic rings. The summed E-state index contributed by atoms with van der Waals surface area (Å²) in [4.78, 5) is 22.1. The van der Waals surface area contributed by atoms with Crippen LogP contribution in [0.5, 0.6) is 0 Å². The Balaban J connectivity index is 2.62. The van der Waals surface area contributed by atoms with Crippen LogP contribution < -0.4 is 10.6 Å². The van der Waals surface area contributed by atoms with Crippen LogP contribution >= 0.6 is 0 Å². The molecule has 1 unspecified atom stereocenters. The van der Waals surface area contributed by atoms with Gasteiger partial charge in [-0.2, -0.15) is 0 Å². The first-order chi connectivity index (χ1) is 8.95. The Morgan fingerprint density at radius 3 is 2.47 bits per heavy atom. The van der Waals surface area contributed by atoms with E-state index in [4.69, 9.17) is 10.2 Å². The van der Waals surface area contributed by atoms with Gasteiger partial charge in [-0.3, -0.25) is 0 Å². The van der Waals surface area contributed by atoms with Crippen molar-refractivity contribution in [3.8, 4) is 0 Å². The second kappa shape index (κ2) is 6.69. The number of hydrogen-bond acceptors (Lipinski definition) is 3. The largest absolute Gasteiger partial charge is 0.480 e. The fourth-order valence-electron chi connectivity index (χ4n) is 1.49. The van der Waals surface area contributed by atoms with Gasteiger partial charge in [-0.25, -0.2) is 14.0 Å². The number of benzene rings is 1. The molecule has 7 heteroatoms. The molecule has 0 aromatic heterocycles. The van der Waals surface area contributed by atoms with Crippen molar-refractivity contribution in [1.29, 1.82) is 0 Å². The van der Waals surface area contributed by atoms with Crippen LogP contribution in [0.2, 0.25) is 0 Å². The zero-order valence-corrected chi connectivity index (χ0v) is 10.3. The molecule has 4 N–H and O–H groups in total. The highest BCUT2D eigenvalue weighted by Gasteiger charge is 2.20. The van der Waals surface area contributed by atoms with Gasteiger partial charge in [0.15, 0.2) is 6.04 Å². The summed E-state index contributed by atoms with van der Waals surface area (Å²) in [6, 6.07) is 3.11. The van der Waals surface area contributed by atoms with Crippen LogP contribution in [0, 0.1) is 5.82 Å². The highest BCUT2D eigenvalue weighted by atomic mass is 19.1. The zero-order valence-electron chi connectivity index (χ0n) is 10.3. The van der Waals surface area contributed by atoms with E-state index in [0.29, 0.717) is 0 Å². The monoisotopic (exact) mass is 270 g/mol. The van der Waals surface area contributed by atoms with Gasteiger partial charge in [-0.15, -0.1) is 0 Å². The molecule has 0 fully saturated rings. The third-order valence-corrected chi connectivity index (χ3v) is 2.51. The van der Waals surface area contributed by atoms with E-state index in [1.54, 1.807) is 13.0 Å². The van der Waals surface area contributed by atoms with Crippen LogP contribution in [-0.2, 0) is 4.79 Å². The van der Waals surface area contributed by atoms with E-state index in [2.05, 4.69) is 10.6 Å². The number of hydrogen-bond donors (Lipinski definition) is 4. The van der Waals surface area contributed by atoms with E-state index in [-0.39, 0.29) is 5.56 Å². The normalized spacial score (nSPS) is 13.4. The van der Waals surface area contributed by atoms with E-state index < -0.39 is 36.5 Å². The van der Waals surface area contributed by atoms with Crippen LogP contribution in [-0.4, -0.2) is 34.9 Å². The molecular weight excluding hydrogens is 255 g/mol. The molecule has 6 nitrogen and oxygen atoms in total. The molecule has 0 bridgehead atoms. The molecule has 2 atom stereocenters. The van der Waals surface area contributed by atoms with E-state index in [1.165, 1.54) is 18.2 Å². The number of nitrogens with one attached hydrogen (secondary N) is 2. The number of carboxylic acid groups (broad SMARTS) is 1. The van der Waals surface area contributed by atoms with Gasteiger partial charge in [0.05, 0.1) is 12.6 Å². The summed E-state index contributed by atoms with van der Waals surface area (Å²) in [5.74, 6) is -1.82. The summed E-state index contributed by atoms with van der Waals surface area (Å²) < 4.78 is 13.4. The lowest BCUT2D eigenvalue weighted by Crippen LogP contribution is -2.48. The van der Waals surface area contributed by atoms with Gasteiger partial charge < -0.3 is 20.8 Å². The van der Waals surface area contributed by atoms with Crippen LogP contribution in [0.3, 0.4) is 0 Å². The maximum atomic E-state index is 13.4. The number of halogens is 1. The van der Waals surface area contributed by atoms with Gasteiger partial charge in [-0.1, -0.05) is 18.2 Å². The lowest BCUT2D eigenvalue weighted by atomic mass is 10.1. The zero-order chi connectivity index (χ0) is 14.4. The highest BCUT2D eigenvalue weighted by molar-refractivity contribution is 5.82. The van der Waals surface area contributed by atoms with Crippen LogP contribution in [0.25, 0.3) is 0 Å². The average Bonchev–Trinajstić information content (AvgIpc) is 2.35. The lowest BCUT2D eigenvalue weighted by Gasteiger charge is -2.17. The Bertz CT molecular complexity index is 467. The van der Waals surface area contributed by atoms with Crippen molar-refractivity contribution in [1.82, 2.24) is 10.6 Å². The Labute approximate surface area is 109 Å². The summed E-state index contributed by atoms with van der Waals surface area (Å²) in [6.45, 7) is 0.837. The second-order valence-electron chi connectivity index (χ2n) is 3.93. The Morgan fingerprint density at radius 2 is 1.95 bits per heavy atom. The second-order valence-corrected chi connectivity index (χ2v) is 3.93. The van der Waals surface area contributed by atoms with Gasteiger partial charge in [0.2, 0.25) is 0 Å². The summed E-state index contributed by atoms with van der Waals surface area (Å²) in [6.07, 6.45) is 0. The van der Waals surface area contributed by atoms with Gasteiger partial charge >= 0.3 is 12.0 Å². The maximum Gasteiger partial charge on any atom is 0.328 e. The number of urea groups is 1. The van der Waals surface area contributed by atoms with Crippen LogP contribution in [0.15, 0.2) is 24.3 Å². The third-order valence-electron chi connectivity index (χ3n) is 2.51. The number of carbonyl (C=O) groups is 2. The molecule has 0 radical (unpaired) electrons. The first kappa shape index (κ1) is 14.9. The minimum absolute atomic E-state index is 0.286. The molecule has 0 aliphatic heterocycles. The number of amides is 2. The SMILES string of the molecule is CC(NC(=O)N[C@@H](CO)C(=O)O)c1ccccc1F. The van der Waals surface area contributed by atoms with Crippen molar-refractivity contribution < 1.29 is 24.2 Å². The molecule has 1 aromatic carbocycles. The molecule has 1 aromatic rings. The Hall–Kier alpha value is -2.15. The van der Waals surface area contributed by atoms with Crippen molar-refractivity contribution in [2.45, 2.75) is 19.0 Å². The minimum atomic E-state index is -1.40. The predicted octanol–water partition coefficient (Wildman–Crippen LogP) is 0.631. The predicted molar refractivity (Wildman–Crippen MR) is 65.0 cm³/mol. The first-order valence-electron chi connectivity index (χ1n) is 5.60. The number of aliphatic hydroxyl groups excluding tert-OH is 1. The first-order valence-corrected chi connectivity index (χ1v) is 5.60. The van der Waals surface area contributed by atoms with Crippen molar-refractivity contribution in [3.05, 3.63) is 35.6 Å². The molecular formula is C12H15FN2O4. The molecule has 0 saturated heterocycles. The fraction of sp³-hybridized carbons (Fsp3) is 0.333. The fourth-order valence-corrected chi connectivity index (χ4v) is 1.49. The average molecular weight is 270 g/mol. The van der Waals surface area contributed by atoms with Crippen molar-refractivity contribution in [3.63, 3.8) is 0 Å².